The number of carbonyl (C=O) groups is 1. The Bertz CT molecular complexity index is 657. The lowest BCUT2D eigenvalue weighted by atomic mass is 10.0. The molecular formula is C17H19N3O3. The molecule has 1 aliphatic rings. The molecule has 0 aliphatic carbocycles. The molecule has 6 heteroatoms. The molecule has 0 radical (unpaired) electrons. The maximum atomic E-state index is 12.2. The third-order valence-electron chi connectivity index (χ3n) is 3.71. The normalized spacial score (nSPS) is 14.0. The summed E-state index contributed by atoms with van der Waals surface area (Å²) in [5, 5.41) is 2.87. The van der Waals surface area contributed by atoms with Crippen LogP contribution in [0.1, 0.15) is 0 Å². The SMILES string of the molecule is COc1ccccc1NC(=O)N1CC(COc2cccnc2)C1. The Morgan fingerprint density at radius 3 is 2.87 bits per heavy atom. The molecule has 1 N–H and O–H groups in total. The number of rotatable bonds is 5. The van der Waals surface area contributed by atoms with Crippen LogP contribution in [0.5, 0.6) is 11.5 Å². The molecule has 0 unspecified atom stereocenters. The van der Waals surface area contributed by atoms with E-state index in [0.717, 1.165) is 5.75 Å². The predicted octanol–water partition coefficient (Wildman–Crippen LogP) is 2.63. The molecule has 1 fully saturated rings. The van der Waals surface area contributed by atoms with Crippen molar-refractivity contribution >= 4 is 11.7 Å². The second-order valence-corrected chi connectivity index (χ2v) is 5.40. The number of ether oxygens (including phenoxy) is 2. The Hall–Kier alpha value is -2.76. The van der Waals surface area contributed by atoms with E-state index in [1.54, 1.807) is 24.4 Å². The highest BCUT2D eigenvalue weighted by atomic mass is 16.5. The number of benzene rings is 1. The van der Waals surface area contributed by atoms with Crippen LogP contribution in [-0.4, -0.2) is 42.7 Å². The number of methoxy groups -OCH3 is 1. The van der Waals surface area contributed by atoms with Crippen LogP contribution in [0.4, 0.5) is 10.5 Å². The molecule has 0 saturated carbocycles. The van der Waals surface area contributed by atoms with Crippen molar-refractivity contribution in [3.63, 3.8) is 0 Å². The summed E-state index contributed by atoms with van der Waals surface area (Å²) < 4.78 is 10.9. The van der Waals surface area contributed by atoms with Gasteiger partial charge in [-0.25, -0.2) is 4.79 Å². The molecule has 0 spiro atoms. The second kappa shape index (κ2) is 7.00. The number of hydrogen-bond acceptors (Lipinski definition) is 4. The number of para-hydroxylation sites is 2. The van der Waals surface area contributed by atoms with Gasteiger partial charge in [-0.15, -0.1) is 0 Å². The zero-order valence-electron chi connectivity index (χ0n) is 12.9. The van der Waals surface area contributed by atoms with Crippen molar-refractivity contribution in [1.29, 1.82) is 0 Å². The van der Waals surface area contributed by atoms with Crippen LogP contribution in [0.3, 0.4) is 0 Å². The molecule has 1 aliphatic heterocycles. The van der Waals surface area contributed by atoms with Gasteiger partial charge < -0.3 is 19.7 Å². The first-order valence-corrected chi connectivity index (χ1v) is 7.48. The van der Waals surface area contributed by atoms with Crippen molar-refractivity contribution in [3.05, 3.63) is 48.8 Å². The fourth-order valence-corrected chi connectivity index (χ4v) is 2.43. The van der Waals surface area contributed by atoms with Crippen molar-refractivity contribution in [3.8, 4) is 11.5 Å². The first-order valence-electron chi connectivity index (χ1n) is 7.48. The fraction of sp³-hybridized carbons (Fsp3) is 0.294. The zero-order valence-corrected chi connectivity index (χ0v) is 12.9. The van der Waals surface area contributed by atoms with E-state index in [2.05, 4.69) is 10.3 Å². The first kappa shape index (κ1) is 15.1. The maximum absolute atomic E-state index is 12.2. The Kier molecular flexibility index (Phi) is 4.61. The largest absolute Gasteiger partial charge is 0.495 e. The lowest BCUT2D eigenvalue weighted by Gasteiger charge is -2.38. The van der Waals surface area contributed by atoms with Crippen LogP contribution in [0, 0.1) is 5.92 Å². The molecule has 0 atom stereocenters. The van der Waals surface area contributed by atoms with Gasteiger partial charge >= 0.3 is 6.03 Å². The van der Waals surface area contributed by atoms with Gasteiger partial charge in [-0.3, -0.25) is 4.98 Å². The minimum Gasteiger partial charge on any atom is -0.495 e. The Labute approximate surface area is 135 Å². The van der Waals surface area contributed by atoms with Gasteiger partial charge in [-0.1, -0.05) is 12.1 Å². The number of nitrogens with one attached hydrogen (secondary N) is 1. The van der Waals surface area contributed by atoms with E-state index in [0.29, 0.717) is 37.1 Å². The van der Waals surface area contributed by atoms with Crippen molar-refractivity contribution in [1.82, 2.24) is 9.88 Å². The molecule has 0 bridgehead atoms. The standard InChI is InChI=1S/C17H19N3O3/c1-22-16-7-3-2-6-15(16)19-17(21)20-10-13(11-20)12-23-14-5-4-8-18-9-14/h2-9,13H,10-12H2,1H3,(H,19,21). The molecule has 2 heterocycles. The zero-order chi connectivity index (χ0) is 16.1. The van der Waals surface area contributed by atoms with Gasteiger partial charge in [0.05, 0.1) is 25.6 Å². The molecule has 1 saturated heterocycles. The number of carbonyl (C=O) groups excluding carboxylic acids is 1. The number of hydrogen-bond donors (Lipinski definition) is 1. The number of urea groups is 1. The van der Waals surface area contributed by atoms with E-state index >= 15 is 0 Å². The third kappa shape index (κ3) is 3.71. The van der Waals surface area contributed by atoms with Crippen molar-refractivity contribution in [2.45, 2.75) is 0 Å². The van der Waals surface area contributed by atoms with E-state index in [9.17, 15) is 4.79 Å². The lowest BCUT2D eigenvalue weighted by Crippen LogP contribution is -2.53. The van der Waals surface area contributed by atoms with Gasteiger partial charge in [0.1, 0.15) is 11.5 Å². The number of anilines is 1. The average Bonchev–Trinajstić information content (AvgIpc) is 2.55. The fourth-order valence-electron chi connectivity index (χ4n) is 2.43. The number of nitrogens with zero attached hydrogens (tertiary/aromatic N) is 2. The smallest absolute Gasteiger partial charge is 0.321 e. The third-order valence-corrected chi connectivity index (χ3v) is 3.71. The topological polar surface area (TPSA) is 63.7 Å². The Morgan fingerprint density at radius 1 is 1.30 bits per heavy atom. The summed E-state index contributed by atoms with van der Waals surface area (Å²) in [7, 11) is 1.58. The number of pyridine rings is 1. The molecule has 2 aromatic rings. The van der Waals surface area contributed by atoms with Gasteiger partial charge in [-0.2, -0.15) is 0 Å². The van der Waals surface area contributed by atoms with Crippen LogP contribution in [0.15, 0.2) is 48.8 Å². The molecule has 3 rings (SSSR count). The van der Waals surface area contributed by atoms with E-state index in [-0.39, 0.29) is 6.03 Å². The molecule has 1 aromatic carbocycles. The molecule has 120 valence electrons. The molecule has 6 nitrogen and oxygen atoms in total. The van der Waals surface area contributed by atoms with E-state index in [4.69, 9.17) is 9.47 Å². The monoisotopic (exact) mass is 313 g/mol. The van der Waals surface area contributed by atoms with Gasteiger partial charge in [-0.05, 0) is 24.3 Å². The van der Waals surface area contributed by atoms with Gasteiger partial charge in [0.2, 0.25) is 0 Å². The predicted molar refractivity (Wildman–Crippen MR) is 86.8 cm³/mol. The summed E-state index contributed by atoms with van der Waals surface area (Å²) in [6.07, 6.45) is 3.39. The molecular weight excluding hydrogens is 294 g/mol. The highest BCUT2D eigenvalue weighted by molar-refractivity contribution is 5.91. The van der Waals surface area contributed by atoms with E-state index < -0.39 is 0 Å². The van der Waals surface area contributed by atoms with E-state index in [1.165, 1.54) is 0 Å². The molecule has 1 aromatic heterocycles. The summed E-state index contributed by atoms with van der Waals surface area (Å²) in [6, 6.07) is 11.0. The summed E-state index contributed by atoms with van der Waals surface area (Å²) in [5.41, 5.74) is 0.676. The quantitative estimate of drug-likeness (QED) is 0.921. The van der Waals surface area contributed by atoms with Crippen LogP contribution < -0.4 is 14.8 Å². The highest BCUT2D eigenvalue weighted by Crippen LogP contribution is 2.25. The van der Waals surface area contributed by atoms with Gasteiger partial charge in [0.25, 0.3) is 0 Å². The van der Waals surface area contributed by atoms with Gasteiger partial charge in [0.15, 0.2) is 0 Å². The van der Waals surface area contributed by atoms with Crippen LogP contribution in [-0.2, 0) is 0 Å². The average molecular weight is 313 g/mol. The summed E-state index contributed by atoms with van der Waals surface area (Å²) in [6.45, 7) is 1.95. The minimum atomic E-state index is -0.118. The summed E-state index contributed by atoms with van der Waals surface area (Å²) in [5.74, 6) is 1.75. The van der Waals surface area contributed by atoms with Crippen molar-refractivity contribution < 1.29 is 14.3 Å². The summed E-state index contributed by atoms with van der Waals surface area (Å²) in [4.78, 5) is 17.9. The van der Waals surface area contributed by atoms with Crippen LogP contribution in [0.25, 0.3) is 0 Å². The van der Waals surface area contributed by atoms with Crippen LogP contribution >= 0.6 is 0 Å². The Balaban J connectivity index is 1.45. The van der Waals surface area contributed by atoms with Crippen molar-refractivity contribution in [2.75, 3.05) is 32.1 Å². The number of aromatic nitrogens is 1. The second-order valence-electron chi connectivity index (χ2n) is 5.40. The van der Waals surface area contributed by atoms with Crippen molar-refractivity contribution in [2.24, 2.45) is 5.92 Å². The van der Waals surface area contributed by atoms with E-state index in [1.807, 2.05) is 36.4 Å². The molecule has 2 amide bonds. The van der Waals surface area contributed by atoms with Gasteiger partial charge in [0, 0.05) is 25.2 Å². The number of likely N-dealkylation sites (tertiary alicyclic amines) is 1. The van der Waals surface area contributed by atoms with Crippen LogP contribution in [0.2, 0.25) is 0 Å². The first-order chi connectivity index (χ1) is 11.3. The molecule has 23 heavy (non-hydrogen) atoms. The maximum Gasteiger partial charge on any atom is 0.321 e. The highest BCUT2D eigenvalue weighted by Gasteiger charge is 2.31. The lowest BCUT2D eigenvalue weighted by molar-refractivity contribution is 0.0923. The Morgan fingerprint density at radius 2 is 2.13 bits per heavy atom. The minimum absolute atomic E-state index is 0.118. The number of amides is 2. The summed E-state index contributed by atoms with van der Waals surface area (Å²) >= 11 is 0.